The van der Waals surface area contributed by atoms with E-state index in [0.717, 1.165) is 38.6 Å². The predicted octanol–water partition coefficient (Wildman–Crippen LogP) is 2.06. The summed E-state index contributed by atoms with van der Waals surface area (Å²) in [5.41, 5.74) is 2.54. The van der Waals surface area contributed by atoms with Crippen LogP contribution in [0.3, 0.4) is 0 Å². The first-order valence-corrected chi connectivity index (χ1v) is 9.95. The number of nitrogens with zero attached hydrogens (tertiary/aromatic N) is 3. The Bertz CT molecular complexity index is 641. The monoisotopic (exact) mass is 373 g/mol. The molecule has 0 spiro atoms. The first kappa shape index (κ1) is 21.2. The minimum Gasteiger partial charge on any atom is -0.357 e. The fourth-order valence-electron chi connectivity index (χ4n) is 3.33. The molecule has 1 fully saturated rings. The van der Waals surface area contributed by atoms with Crippen LogP contribution in [0.1, 0.15) is 38.3 Å². The molecular weight excluding hydrogens is 338 g/mol. The molecule has 1 aliphatic rings. The molecule has 1 aromatic carbocycles. The molecule has 6 nitrogen and oxygen atoms in total. The van der Waals surface area contributed by atoms with E-state index in [2.05, 4.69) is 60.8 Å². The molecule has 27 heavy (non-hydrogen) atoms. The Morgan fingerprint density at radius 3 is 2.63 bits per heavy atom. The molecule has 0 radical (unpaired) electrons. The fourth-order valence-corrected chi connectivity index (χ4v) is 3.33. The van der Waals surface area contributed by atoms with Gasteiger partial charge in [-0.25, -0.2) is 4.99 Å². The maximum absolute atomic E-state index is 12.2. The van der Waals surface area contributed by atoms with Crippen LogP contribution in [-0.2, 0) is 17.9 Å². The molecule has 0 saturated carbocycles. The van der Waals surface area contributed by atoms with Gasteiger partial charge < -0.3 is 20.4 Å². The van der Waals surface area contributed by atoms with Gasteiger partial charge in [0.1, 0.15) is 0 Å². The van der Waals surface area contributed by atoms with Gasteiger partial charge in [-0.05, 0) is 38.6 Å². The van der Waals surface area contributed by atoms with E-state index in [1.807, 2.05) is 18.7 Å². The standard InChI is InChI=1S/C21H35N5O/c1-6-22-21(24-19-11-12-26(15-19)20(27)16(2)3)23-13-17-9-7-8-10-18(17)14-25(4)5/h7-10,16,19H,6,11-15H2,1-5H3,(H2,22,23,24). The molecule has 1 aromatic rings. The Kier molecular flexibility index (Phi) is 8.10. The molecule has 2 N–H and O–H groups in total. The van der Waals surface area contributed by atoms with Gasteiger partial charge in [0.2, 0.25) is 5.91 Å². The lowest BCUT2D eigenvalue weighted by Gasteiger charge is -2.20. The molecule has 0 aromatic heterocycles. The summed E-state index contributed by atoms with van der Waals surface area (Å²) >= 11 is 0. The Morgan fingerprint density at radius 2 is 2.00 bits per heavy atom. The number of hydrogen-bond donors (Lipinski definition) is 2. The lowest BCUT2D eigenvalue weighted by atomic mass is 10.1. The van der Waals surface area contributed by atoms with E-state index < -0.39 is 0 Å². The van der Waals surface area contributed by atoms with Crippen molar-refractivity contribution >= 4 is 11.9 Å². The van der Waals surface area contributed by atoms with Crippen LogP contribution in [0.25, 0.3) is 0 Å². The normalized spacial score (nSPS) is 17.7. The van der Waals surface area contributed by atoms with Gasteiger partial charge in [-0.3, -0.25) is 4.79 Å². The van der Waals surface area contributed by atoms with E-state index in [1.54, 1.807) is 0 Å². The highest BCUT2D eigenvalue weighted by atomic mass is 16.2. The number of amides is 1. The Balaban J connectivity index is 2.00. The number of likely N-dealkylation sites (tertiary alicyclic amines) is 1. The number of nitrogens with one attached hydrogen (secondary N) is 2. The van der Waals surface area contributed by atoms with E-state index >= 15 is 0 Å². The Morgan fingerprint density at radius 1 is 1.30 bits per heavy atom. The summed E-state index contributed by atoms with van der Waals surface area (Å²) in [6.45, 7) is 9.91. The first-order chi connectivity index (χ1) is 12.9. The summed E-state index contributed by atoms with van der Waals surface area (Å²) < 4.78 is 0. The van der Waals surface area contributed by atoms with Gasteiger partial charge in [-0.1, -0.05) is 38.1 Å². The minimum atomic E-state index is 0.0545. The maximum atomic E-state index is 12.2. The molecule has 1 heterocycles. The van der Waals surface area contributed by atoms with Crippen molar-refractivity contribution in [3.8, 4) is 0 Å². The molecular formula is C21H35N5O. The quantitative estimate of drug-likeness (QED) is 0.567. The topological polar surface area (TPSA) is 60.0 Å². The zero-order chi connectivity index (χ0) is 19.8. The second kappa shape index (κ2) is 10.3. The van der Waals surface area contributed by atoms with E-state index in [0.29, 0.717) is 6.54 Å². The zero-order valence-electron chi connectivity index (χ0n) is 17.5. The largest absolute Gasteiger partial charge is 0.357 e. The number of carbonyl (C=O) groups is 1. The number of benzene rings is 1. The third kappa shape index (κ3) is 6.54. The third-order valence-corrected chi connectivity index (χ3v) is 4.69. The van der Waals surface area contributed by atoms with Gasteiger partial charge in [0.05, 0.1) is 6.54 Å². The van der Waals surface area contributed by atoms with Gasteiger partial charge >= 0.3 is 0 Å². The summed E-state index contributed by atoms with van der Waals surface area (Å²) in [4.78, 5) is 21.1. The average molecular weight is 374 g/mol. The van der Waals surface area contributed by atoms with Crippen LogP contribution in [0.2, 0.25) is 0 Å². The van der Waals surface area contributed by atoms with E-state index in [-0.39, 0.29) is 17.9 Å². The van der Waals surface area contributed by atoms with Crippen molar-refractivity contribution in [2.24, 2.45) is 10.9 Å². The molecule has 2 rings (SSSR count). The number of carbonyl (C=O) groups excluding carboxylic acids is 1. The minimum absolute atomic E-state index is 0.0545. The van der Waals surface area contributed by atoms with E-state index in [4.69, 9.17) is 4.99 Å². The SMILES string of the molecule is CCNC(=NCc1ccccc1CN(C)C)NC1CCN(C(=O)C(C)C)C1. The van der Waals surface area contributed by atoms with E-state index in [1.165, 1.54) is 11.1 Å². The first-order valence-electron chi connectivity index (χ1n) is 9.95. The van der Waals surface area contributed by atoms with Crippen LogP contribution in [0.5, 0.6) is 0 Å². The van der Waals surface area contributed by atoms with Crippen molar-refractivity contribution in [3.05, 3.63) is 35.4 Å². The van der Waals surface area contributed by atoms with Crippen LogP contribution >= 0.6 is 0 Å². The van der Waals surface area contributed by atoms with Crippen molar-refractivity contribution in [2.45, 2.75) is 46.3 Å². The van der Waals surface area contributed by atoms with Gasteiger partial charge in [-0.2, -0.15) is 0 Å². The molecule has 1 atom stereocenters. The summed E-state index contributed by atoms with van der Waals surface area (Å²) in [5, 5.41) is 6.84. The van der Waals surface area contributed by atoms with Gasteiger partial charge in [-0.15, -0.1) is 0 Å². The van der Waals surface area contributed by atoms with Gasteiger partial charge in [0, 0.05) is 38.1 Å². The van der Waals surface area contributed by atoms with Crippen molar-refractivity contribution in [2.75, 3.05) is 33.7 Å². The van der Waals surface area contributed by atoms with Crippen LogP contribution < -0.4 is 10.6 Å². The highest BCUT2D eigenvalue weighted by Crippen LogP contribution is 2.14. The van der Waals surface area contributed by atoms with Crippen molar-refractivity contribution in [1.29, 1.82) is 0 Å². The number of guanidine groups is 1. The van der Waals surface area contributed by atoms with Gasteiger partial charge in [0.25, 0.3) is 0 Å². The maximum Gasteiger partial charge on any atom is 0.225 e. The molecule has 1 aliphatic heterocycles. The number of aliphatic imine (C=N–C) groups is 1. The van der Waals surface area contributed by atoms with Gasteiger partial charge in [0.15, 0.2) is 5.96 Å². The Labute approximate surface area is 164 Å². The Hall–Kier alpha value is -2.08. The average Bonchev–Trinajstić information content (AvgIpc) is 3.08. The van der Waals surface area contributed by atoms with Crippen LogP contribution in [-0.4, -0.2) is 61.4 Å². The van der Waals surface area contributed by atoms with Crippen molar-refractivity contribution < 1.29 is 4.79 Å². The second-order valence-corrected chi connectivity index (χ2v) is 7.77. The summed E-state index contributed by atoms with van der Waals surface area (Å²) in [6, 6.07) is 8.70. The third-order valence-electron chi connectivity index (χ3n) is 4.69. The summed E-state index contributed by atoms with van der Waals surface area (Å²) in [5.74, 6) is 1.11. The second-order valence-electron chi connectivity index (χ2n) is 7.77. The fraction of sp³-hybridized carbons (Fsp3) is 0.619. The highest BCUT2D eigenvalue weighted by molar-refractivity contribution is 5.81. The number of hydrogen-bond acceptors (Lipinski definition) is 3. The molecule has 150 valence electrons. The van der Waals surface area contributed by atoms with E-state index in [9.17, 15) is 4.79 Å². The lowest BCUT2D eigenvalue weighted by Crippen LogP contribution is -2.45. The molecule has 1 unspecified atom stereocenters. The molecule has 0 bridgehead atoms. The van der Waals surface area contributed by atoms with Crippen LogP contribution in [0.15, 0.2) is 29.3 Å². The molecule has 6 heteroatoms. The van der Waals surface area contributed by atoms with Crippen LogP contribution in [0, 0.1) is 5.92 Å². The summed E-state index contributed by atoms with van der Waals surface area (Å²) in [7, 11) is 4.16. The van der Waals surface area contributed by atoms with Crippen LogP contribution in [0.4, 0.5) is 0 Å². The predicted molar refractivity (Wildman–Crippen MR) is 112 cm³/mol. The highest BCUT2D eigenvalue weighted by Gasteiger charge is 2.27. The van der Waals surface area contributed by atoms with Crippen molar-refractivity contribution in [3.63, 3.8) is 0 Å². The number of rotatable bonds is 7. The summed E-state index contributed by atoms with van der Waals surface area (Å²) in [6.07, 6.45) is 0.958. The lowest BCUT2D eigenvalue weighted by molar-refractivity contribution is -0.133. The smallest absolute Gasteiger partial charge is 0.225 e. The van der Waals surface area contributed by atoms with Crippen molar-refractivity contribution in [1.82, 2.24) is 20.4 Å². The molecule has 1 saturated heterocycles. The molecule has 0 aliphatic carbocycles. The zero-order valence-corrected chi connectivity index (χ0v) is 17.5. The molecule has 1 amide bonds.